The Balaban J connectivity index is 1.58. The molecular weight excluding hydrogens is 420 g/mol. The molecule has 1 aliphatic rings. The lowest BCUT2D eigenvalue weighted by molar-refractivity contribution is 0.0330. The van der Waals surface area contributed by atoms with E-state index in [-0.39, 0.29) is 0 Å². The third-order valence-electron chi connectivity index (χ3n) is 4.91. The number of benzene rings is 1. The number of hydrogen-bond acceptors (Lipinski definition) is 7. The van der Waals surface area contributed by atoms with Crippen molar-refractivity contribution in [3.05, 3.63) is 65.0 Å². The highest BCUT2D eigenvalue weighted by Crippen LogP contribution is 2.39. The molecular formula is C22H19ClN4O2S. The van der Waals surface area contributed by atoms with Gasteiger partial charge in [-0.1, -0.05) is 41.9 Å². The molecule has 30 heavy (non-hydrogen) atoms. The molecule has 3 aromatic heterocycles. The predicted octanol–water partition coefficient (Wildman–Crippen LogP) is 5.03. The van der Waals surface area contributed by atoms with Crippen LogP contribution in [0.3, 0.4) is 0 Å². The van der Waals surface area contributed by atoms with Crippen molar-refractivity contribution >= 4 is 33.2 Å². The molecule has 4 aromatic rings. The Morgan fingerprint density at radius 2 is 1.90 bits per heavy atom. The second-order valence-electron chi connectivity index (χ2n) is 6.95. The molecule has 6 nitrogen and oxygen atoms in total. The molecule has 1 aliphatic heterocycles. The molecule has 0 atom stereocenters. The molecule has 1 fully saturated rings. The molecule has 0 aliphatic carbocycles. The van der Waals surface area contributed by atoms with Crippen LogP contribution in [-0.4, -0.2) is 46.2 Å². The normalized spacial score (nSPS) is 14.8. The van der Waals surface area contributed by atoms with Crippen LogP contribution in [0.15, 0.2) is 54.0 Å². The van der Waals surface area contributed by atoms with Crippen molar-refractivity contribution in [2.45, 2.75) is 6.54 Å². The average molecular weight is 439 g/mol. The predicted molar refractivity (Wildman–Crippen MR) is 118 cm³/mol. The summed E-state index contributed by atoms with van der Waals surface area (Å²) in [7, 11) is 0. The summed E-state index contributed by atoms with van der Waals surface area (Å²) >= 11 is 7.53. The standard InChI is InChI=1S/C22H19ClN4O2S/c23-18-7-6-16(12-24-18)29-21-20-17(15-4-2-1-3-5-15)14-30-22(20)26-19(25-21)13-27-8-10-28-11-9-27/h1-7,12,14H,8-11,13H2. The van der Waals surface area contributed by atoms with Crippen molar-refractivity contribution < 1.29 is 9.47 Å². The number of fused-ring (bicyclic) bond motifs is 1. The van der Waals surface area contributed by atoms with Gasteiger partial charge in [0, 0.05) is 24.0 Å². The van der Waals surface area contributed by atoms with Gasteiger partial charge in [0.25, 0.3) is 0 Å². The number of nitrogens with zero attached hydrogens (tertiary/aromatic N) is 4. The number of pyridine rings is 1. The molecule has 152 valence electrons. The SMILES string of the molecule is Clc1ccc(Oc2nc(CN3CCOCC3)nc3scc(-c4ccccc4)c23)cn1. The van der Waals surface area contributed by atoms with Gasteiger partial charge in [-0.05, 0) is 17.7 Å². The zero-order chi connectivity index (χ0) is 20.3. The first-order valence-electron chi connectivity index (χ1n) is 9.69. The van der Waals surface area contributed by atoms with Crippen LogP contribution in [0.2, 0.25) is 5.15 Å². The molecule has 0 unspecified atom stereocenters. The fourth-order valence-corrected chi connectivity index (χ4v) is 4.49. The van der Waals surface area contributed by atoms with Crippen molar-refractivity contribution in [3.63, 3.8) is 0 Å². The molecule has 4 heterocycles. The first kappa shape index (κ1) is 19.4. The highest BCUT2D eigenvalue weighted by atomic mass is 35.5. The topological polar surface area (TPSA) is 60.4 Å². The van der Waals surface area contributed by atoms with Gasteiger partial charge in [0.2, 0.25) is 5.88 Å². The lowest BCUT2D eigenvalue weighted by atomic mass is 10.1. The smallest absolute Gasteiger partial charge is 0.232 e. The van der Waals surface area contributed by atoms with Crippen LogP contribution in [0.25, 0.3) is 21.3 Å². The average Bonchev–Trinajstić information content (AvgIpc) is 3.21. The van der Waals surface area contributed by atoms with E-state index in [0.29, 0.717) is 23.3 Å². The van der Waals surface area contributed by atoms with Gasteiger partial charge < -0.3 is 9.47 Å². The summed E-state index contributed by atoms with van der Waals surface area (Å²) in [5, 5.41) is 3.44. The second kappa shape index (κ2) is 8.65. The number of hydrogen-bond donors (Lipinski definition) is 0. The molecule has 0 radical (unpaired) electrons. The molecule has 0 amide bonds. The van der Waals surface area contributed by atoms with Crippen LogP contribution in [-0.2, 0) is 11.3 Å². The van der Waals surface area contributed by atoms with Crippen LogP contribution in [0.1, 0.15) is 5.82 Å². The van der Waals surface area contributed by atoms with E-state index in [1.807, 2.05) is 18.2 Å². The van der Waals surface area contributed by atoms with E-state index in [4.69, 9.17) is 31.0 Å². The number of halogens is 1. The minimum absolute atomic E-state index is 0.420. The van der Waals surface area contributed by atoms with E-state index in [9.17, 15) is 0 Å². The third kappa shape index (κ3) is 4.15. The molecule has 5 rings (SSSR count). The number of rotatable bonds is 5. The summed E-state index contributed by atoms with van der Waals surface area (Å²) in [4.78, 5) is 17.0. The summed E-state index contributed by atoms with van der Waals surface area (Å²) < 4.78 is 11.6. The monoisotopic (exact) mass is 438 g/mol. The summed E-state index contributed by atoms with van der Waals surface area (Å²) in [5.74, 6) is 1.86. The molecule has 1 aromatic carbocycles. The van der Waals surface area contributed by atoms with Gasteiger partial charge in [0.15, 0.2) is 0 Å². The number of morpholine rings is 1. The molecule has 0 N–H and O–H groups in total. The maximum absolute atomic E-state index is 6.19. The Hall–Kier alpha value is -2.58. The number of ether oxygens (including phenoxy) is 2. The van der Waals surface area contributed by atoms with Crippen LogP contribution in [0.5, 0.6) is 11.6 Å². The van der Waals surface area contributed by atoms with Crippen LogP contribution >= 0.6 is 22.9 Å². The van der Waals surface area contributed by atoms with Gasteiger partial charge >= 0.3 is 0 Å². The van der Waals surface area contributed by atoms with Gasteiger partial charge in [-0.2, -0.15) is 4.98 Å². The minimum atomic E-state index is 0.420. The van der Waals surface area contributed by atoms with Gasteiger partial charge in [-0.3, -0.25) is 4.90 Å². The Labute approximate surface area is 183 Å². The minimum Gasteiger partial charge on any atom is -0.437 e. The van der Waals surface area contributed by atoms with E-state index in [0.717, 1.165) is 53.5 Å². The van der Waals surface area contributed by atoms with Crippen molar-refractivity contribution in [1.29, 1.82) is 0 Å². The lowest BCUT2D eigenvalue weighted by Gasteiger charge is -2.25. The van der Waals surface area contributed by atoms with Crippen molar-refractivity contribution in [2.24, 2.45) is 0 Å². The van der Waals surface area contributed by atoms with Crippen molar-refractivity contribution in [1.82, 2.24) is 19.9 Å². The van der Waals surface area contributed by atoms with Crippen molar-refractivity contribution in [2.75, 3.05) is 26.3 Å². The second-order valence-corrected chi connectivity index (χ2v) is 8.19. The lowest BCUT2D eigenvalue weighted by Crippen LogP contribution is -2.36. The Morgan fingerprint density at radius 1 is 1.07 bits per heavy atom. The molecule has 8 heteroatoms. The van der Waals surface area contributed by atoms with Gasteiger partial charge in [-0.15, -0.1) is 11.3 Å². The molecule has 0 spiro atoms. The summed E-state index contributed by atoms with van der Waals surface area (Å²) in [5.41, 5.74) is 2.16. The van der Waals surface area contributed by atoms with Gasteiger partial charge in [-0.25, -0.2) is 9.97 Å². The first-order chi connectivity index (χ1) is 14.8. The highest BCUT2D eigenvalue weighted by molar-refractivity contribution is 7.17. The van der Waals surface area contributed by atoms with Gasteiger partial charge in [0.05, 0.1) is 31.3 Å². The third-order valence-corrected chi connectivity index (χ3v) is 6.01. The highest BCUT2D eigenvalue weighted by Gasteiger charge is 2.19. The summed E-state index contributed by atoms with van der Waals surface area (Å²) in [6, 6.07) is 13.7. The Kier molecular flexibility index (Phi) is 5.59. The Morgan fingerprint density at radius 3 is 2.67 bits per heavy atom. The van der Waals surface area contributed by atoms with Gasteiger partial charge in [0.1, 0.15) is 21.6 Å². The van der Waals surface area contributed by atoms with Crippen LogP contribution in [0, 0.1) is 0 Å². The van der Waals surface area contributed by atoms with E-state index in [2.05, 4.69) is 27.4 Å². The van der Waals surface area contributed by atoms with Crippen molar-refractivity contribution in [3.8, 4) is 22.8 Å². The largest absolute Gasteiger partial charge is 0.437 e. The van der Waals surface area contributed by atoms with Crippen LogP contribution in [0.4, 0.5) is 0 Å². The molecule has 1 saturated heterocycles. The first-order valence-corrected chi connectivity index (χ1v) is 10.9. The van der Waals surface area contributed by atoms with Crippen LogP contribution < -0.4 is 4.74 Å². The summed E-state index contributed by atoms with van der Waals surface area (Å²) in [6.45, 7) is 3.88. The maximum atomic E-state index is 6.19. The fourth-order valence-electron chi connectivity index (χ4n) is 3.42. The Bertz CT molecular complexity index is 1150. The van der Waals surface area contributed by atoms with E-state index < -0.39 is 0 Å². The maximum Gasteiger partial charge on any atom is 0.232 e. The van der Waals surface area contributed by atoms with E-state index in [1.54, 1.807) is 29.7 Å². The summed E-state index contributed by atoms with van der Waals surface area (Å²) in [6.07, 6.45) is 1.60. The number of aromatic nitrogens is 3. The van der Waals surface area contributed by atoms with E-state index >= 15 is 0 Å². The number of thiophene rings is 1. The van der Waals surface area contributed by atoms with E-state index in [1.165, 1.54) is 0 Å². The zero-order valence-electron chi connectivity index (χ0n) is 16.1. The molecule has 0 bridgehead atoms. The quantitative estimate of drug-likeness (QED) is 0.407. The fraction of sp³-hybridized carbons (Fsp3) is 0.227. The molecule has 0 saturated carbocycles. The zero-order valence-corrected chi connectivity index (χ0v) is 17.7.